The summed E-state index contributed by atoms with van der Waals surface area (Å²) in [6, 6.07) is 9.32. The van der Waals surface area contributed by atoms with Crippen molar-refractivity contribution in [1.82, 2.24) is 0 Å². The average molecular weight is 310 g/mol. The van der Waals surface area contributed by atoms with Crippen LogP contribution in [0.5, 0.6) is 0 Å². The summed E-state index contributed by atoms with van der Waals surface area (Å²) in [5.41, 5.74) is 0.255. The summed E-state index contributed by atoms with van der Waals surface area (Å²) < 4.78 is 49.5. The molecule has 0 saturated heterocycles. The molecule has 3 nitrogen and oxygen atoms in total. The second kappa shape index (κ2) is 6.13. The monoisotopic (exact) mass is 310 g/mol. The van der Waals surface area contributed by atoms with Crippen molar-refractivity contribution in [3.63, 3.8) is 0 Å². The van der Waals surface area contributed by atoms with E-state index in [2.05, 4.69) is 0 Å². The number of benzene rings is 2. The molecule has 0 aliphatic rings. The first-order valence-electron chi connectivity index (χ1n) is 6.15. The maximum atomic E-state index is 12.8. The number of hydrogen-bond acceptors (Lipinski definition) is 3. The Bertz CT molecular complexity index is 735. The van der Waals surface area contributed by atoms with Crippen molar-refractivity contribution in [2.24, 2.45) is 0 Å². The topological polar surface area (TPSA) is 51.2 Å². The first kappa shape index (κ1) is 15.3. The molecule has 6 heteroatoms. The fourth-order valence-corrected chi connectivity index (χ4v) is 3.01. The molecule has 2 aromatic carbocycles. The highest BCUT2D eigenvalue weighted by atomic mass is 32.2. The van der Waals surface area contributed by atoms with Crippen LogP contribution in [0, 0.1) is 11.6 Å². The van der Waals surface area contributed by atoms with Gasteiger partial charge in [0.1, 0.15) is 11.6 Å². The molecule has 21 heavy (non-hydrogen) atoms. The number of halogens is 2. The lowest BCUT2D eigenvalue weighted by Gasteiger charge is -2.04. The molecule has 0 aliphatic heterocycles. The smallest absolute Gasteiger partial charge is 0.178 e. The molecule has 0 unspecified atom stereocenters. The Labute approximate surface area is 121 Å². The van der Waals surface area contributed by atoms with Gasteiger partial charge in [0, 0.05) is 12.0 Å². The van der Waals surface area contributed by atoms with Gasteiger partial charge >= 0.3 is 0 Å². The third-order valence-electron chi connectivity index (χ3n) is 2.94. The van der Waals surface area contributed by atoms with E-state index in [0.717, 1.165) is 36.4 Å². The van der Waals surface area contributed by atoms with E-state index >= 15 is 0 Å². The van der Waals surface area contributed by atoms with Crippen molar-refractivity contribution in [1.29, 1.82) is 0 Å². The lowest BCUT2D eigenvalue weighted by atomic mass is 10.1. The van der Waals surface area contributed by atoms with Gasteiger partial charge in [-0.15, -0.1) is 0 Å². The summed E-state index contributed by atoms with van der Waals surface area (Å²) in [4.78, 5) is 11.8. The molecule has 0 saturated carbocycles. The molecule has 0 radical (unpaired) electrons. The van der Waals surface area contributed by atoms with Crippen LogP contribution in [0.25, 0.3) is 0 Å². The van der Waals surface area contributed by atoms with Crippen LogP contribution in [0.15, 0.2) is 53.4 Å². The van der Waals surface area contributed by atoms with Crippen molar-refractivity contribution < 1.29 is 22.0 Å². The van der Waals surface area contributed by atoms with Gasteiger partial charge in [-0.1, -0.05) is 0 Å². The number of carbonyl (C=O) groups is 1. The van der Waals surface area contributed by atoms with Crippen LogP contribution >= 0.6 is 0 Å². The number of sulfone groups is 1. The molecular weight excluding hydrogens is 298 g/mol. The third kappa shape index (κ3) is 3.95. The lowest BCUT2D eigenvalue weighted by molar-refractivity contribution is 0.0988. The van der Waals surface area contributed by atoms with E-state index in [0.29, 0.717) is 0 Å². The number of ketones is 1. The molecule has 2 aromatic rings. The van der Waals surface area contributed by atoms with Gasteiger partial charge in [0.05, 0.1) is 10.6 Å². The van der Waals surface area contributed by atoms with E-state index in [1.54, 1.807) is 0 Å². The maximum absolute atomic E-state index is 12.8. The predicted molar refractivity (Wildman–Crippen MR) is 73.8 cm³/mol. The van der Waals surface area contributed by atoms with Crippen molar-refractivity contribution in [3.8, 4) is 0 Å². The van der Waals surface area contributed by atoms with Gasteiger partial charge in [0.15, 0.2) is 15.6 Å². The summed E-state index contributed by atoms with van der Waals surface area (Å²) in [7, 11) is -3.65. The fourth-order valence-electron chi connectivity index (χ4n) is 1.77. The molecule has 0 heterocycles. The Kier molecular flexibility index (Phi) is 4.47. The lowest BCUT2D eigenvalue weighted by Crippen LogP contribution is -2.11. The minimum absolute atomic E-state index is 0.0317. The second-order valence-corrected chi connectivity index (χ2v) is 6.56. The zero-order valence-electron chi connectivity index (χ0n) is 10.9. The van der Waals surface area contributed by atoms with Gasteiger partial charge in [0.25, 0.3) is 0 Å². The highest BCUT2D eigenvalue weighted by Crippen LogP contribution is 2.14. The number of hydrogen-bond donors (Lipinski definition) is 0. The molecule has 0 N–H and O–H groups in total. The van der Waals surface area contributed by atoms with Crippen LogP contribution in [-0.4, -0.2) is 20.0 Å². The van der Waals surface area contributed by atoms with E-state index < -0.39 is 21.5 Å². The minimum atomic E-state index is -3.65. The van der Waals surface area contributed by atoms with E-state index in [1.807, 2.05) is 0 Å². The Morgan fingerprint density at radius 3 is 1.86 bits per heavy atom. The van der Waals surface area contributed by atoms with E-state index in [-0.39, 0.29) is 28.4 Å². The number of Topliss-reactive ketones (excluding diaryl/α,β-unsaturated/α-hetero) is 1. The quantitative estimate of drug-likeness (QED) is 0.630. The summed E-state index contributed by atoms with van der Waals surface area (Å²) in [6.45, 7) is 0. The molecule has 2 rings (SSSR count). The van der Waals surface area contributed by atoms with Gasteiger partial charge in [-0.2, -0.15) is 0 Å². The first-order chi connectivity index (χ1) is 9.88. The molecule has 0 fully saturated rings. The van der Waals surface area contributed by atoms with Crippen molar-refractivity contribution >= 4 is 15.6 Å². The predicted octanol–water partition coefficient (Wildman–Crippen LogP) is 3.01. The van der Waals surface area contributed by atoms with Gasteiger partial charge < -0.3 is 0 Å². The molecular formula is C15H12F2O3S. The molecule has 0 bridgehead atoms. The summed E-state index contributed by atoms with van der Waals surface area (Å²) in [5, 5.41) is 0. The molecule has 0 atom stereocenters. The van der Waals surface area contributed by atoms with Crippen LogP contribution in [0.3, 0.4) is 0 Å². The van der Waals surface area contributed by atoms with Crippen LogP contribution in [0.1, 0.15) is 16.8 Å². The average Bonchev–Trinajstić information content (AvgIpc) is 2.46. The molecule has 0 aliphatic carbocycles. The summed E-state index contributed by atoms with van der Waals surface area (Å²) >= 11 is 0. The van der Waals surface area contributed by atoms with Crippen LogP contribution < -0.4 is 0 Å². The summed E-state index contributed by atoms with van der Waals surface area (Å²) in [5.74, 6) is -1.77. The van der Waals surface area contributed by atoms with Gasteiger partial charge in [-0.3, -0.25) is 4.79 Å². The third-order valence-corrected chi connectivity index (χ3v) is 4.67. The minimum Gasteiger partial charge on any atom is -0.294 e. The van der Waals surface area contributed by atoms with E-state index in [4.69, 9.17) is 0 Å². The van der Waals surface area contributed by atoms with Crippen LogP contribution in [-0.2, 0) is 9.84 Å². The van der Waals surface area contributed by atoms with Gasteiger partial charge in [0.2, 0.25) is 0 Å². The van der Waals surface area contributed by atoms with Crippen LogP contribution in [0.2, 0.25) is 0 Å². The SMILES string of the molecule is O=C(CCS(=O)(=O)c1ccc(F)cc1)c1ccc(F)cc1. The Morgan fingerprint density at radius 1 is 0.857 bits per heavy atom. The number of carbonyl (C=O) groups excluding carboxylic acids is 1. The Hall–Kier alpha value is -2.08. The highest BCUT2D eigenvalue weighted by molar-refractivity contribution is 7.91. The highest BCUT2D eigenvalue weighted by Gasteiger charge is 2.17. The standard InChI is InChI=1S/C15H12F2O3S/c16-12-3-1-11(2-4-12)15(18)9-10-21(19,20)14-7-5-13(17)6-8-14/h1-8H,9-10H2. The van der Waals surface area contributed by atoms with Crippen LogP contribution in [0.4, 0.5) is 8.78 Å². The number of rotatable bonds is 5. The Balaban J connectivity index is 2.06. The largest absolute Gasteiger partial charge is 0.294 e. The second-order valence-electron chi connectivity index (χ2n) is 4.45. The van der Waals surface area contributed by atoms with Crippen molar-refractivity contribution in [2.45, 2.75) is 11.3 Å². The Morgan fingerprint density at radius 2 is 1.33 bits per heavy atom. The zero-order valence-corrected chi connectivity index (χ0v) is 11.7. The van der Waals surface area contributed by atoms with Gasteiger partial charge in [-0.25, -0.2) is 17.2 Å². The first-order valence-corrected chi connectivity index (χ1v) is 7.81. The van der Waals surface area contributed by atoms with Crippen molar-refractivity contribution in [2.75, 3.05) is 5.75 Å². The van der Waals surface area contributed by atoms with E-state index in [9.17, 15) is 22.0 Å². The zero-order chi connectivity index (χ0) is 15.5. The molecule has 0 amide bonds. The maximum Gasteiger partial charge on any atom is 0.178 e. The molecule has 0 aromatic heterocycles. The normalized spacial score (nSPS) is 11.3. The van der Waals surface area contributed by atoms with Gasteiger partial charge in [-0.05, 0) is 48.5 Å². The van der Waals surface area contributed by atoms with Crippen molar-refractivity contribution in [3.05, 3.63) is 65.7 Å². The van der Waals surface area contributed by atoms with E-state index in [1.165, 1.54) is 12.1 Å². The summed E-state index contributed by atoms with van der Waals surface area (Å²) in [6.07, 6.45) is -0.217. The molecule has 0 spiro atoms. The molecule has 110 valence electrons. The fraction of sp³-hybridized carbons (Fsp3) is 0.133.